The maximum atomic E-state index is 11.3. The van der Waals surface area contributed by atoms with Crippen LogP contribution in [-0.2, 0) is 6.42 Å². The Bertz CT molecular complexity index is 587. The van der Waals surface area contributed by atoms with E-state index in [-0.39, 0.29) is 5.56 Å². The van der Waals surface area contributed by atoms with E-state index in [1.165, 1.54) is 11.8 Å². The van der Waals surface area contributed by atoms with E-state index in [4.69, 9.17) is 4.74 Å². The summed E-state index contributed by atoms with van der Waals surface area (Å²) >= 11 is 1.39. The molecule has 0 unspecified atom stereocenters. The molecule has 0 amide bonds. The number of hydrogen-bond donors (Lipinski definition) is 1. The quantitative estimate of drug-likeness (QED) is 0.828. The molecule has 0 saturated heterocycles. The van der Waals surface area contributed by atoms with Crippen LogP contribution >= 0.6 is 11.8 Å². The summed E-state index contributed by atoms with van der Waals surface area (Å²) in [6, 6.07) is 10.9. The van der Waals surface area contributed by atoms with Gasteiger partial charge in [0.15, 0.2) is 0 Å². The summed E-state index contributed by atoms with van der Waals surface area (Å²) in [7, 11) is 0. The lowest BCUT2D eigenvalue weighted by molar-refractivity contribution is 0.0688. The number of carboxylic acids is 1. The van der Waals surface area contributed by atoms with Gasteiger partial charge in [0.05, 0.1) is 6.61 Å². The SMILES string of the molecule is CSc1cccc(OCCc2ccccn2)c1C(=O)O. The predicted molar refractivity (Wildman–Crippen MR) is 78.6 cm³/mol. The molecular weight excluding hydrogens is 274 g/mol. The number of pyridine rings is 1. The second-order valence-electron chi connectivity index (χ2n) is 4.06. The molecule has 5 heteroatoms. The van der Waals surface area contributed by atoms with E-state index in [0.717, 1.165) is 5.69 Å². The number of hydrogen-bond acceptors (Lipinski definition) is 4. The van der Waals surface area contributed by atoms with Crippen molar-refractivity contribution in [1.82, 2.24) is 4.98 Å². The number of aromatic carboxylic acids is 1. The van der Waals surface area contributed by atoms with Gasteiger partial charge in [-0.05, 0) is 30.5 Å². The number of benzene rings is 1. The highest BCUT2D eigenvalue weighted by molar-refractivity contribution is 7.98. The number of carbonyl (C=O) groups is 1. The smallest absolute Gasteiger partial charge is 0.340 e. The topological polar surface area (TPSA) is 59.4 Å². The van der Waals surface area contributed by atoms with E-state index in [9.17, 15) is 9.90 Å². The van der Waals surface area contributed by atoms with Crippen molar-refractivity contribution in [3.8, 4) is 5.75 Å². The largest absolute Gasteiger partial charge is 0.492 e. The first-order valence-electron chi connectivity index (χ1n) is 6.15. The Morgan fingerprint density at radius 3 is 2.80 bits per heavy atom. The highest BCUT2D eigenvalue weighted by atomic mass is 32.2. The number of rotatable bonds is 6. The molecule has 0 aliphatic heterocycles. The summed E-state index contributed by atoms with van der Waals surface area (Å²) in [5.74, 6) is -0.567. The number of aromatic nitrogens is 1. The normalized spacial score (nSPS) is 10.2. The molecular formula is C15H15NO3S. The molecule has 20 heavy (non-hydrogen) atoms. The van der Waals surface area contributed by atoms with Crippen LogP contribution in [0, 0.1) is 0 Å². The van der Waals surface area contributed by atoms with Crippen molar-refractivity contribution in [2.45, 2.75) is 11.3 Å². The van der Waals surface area contributed by atoms with Gasteiger partial charge in [0, 0.05) is 23.2 Å². The third kappa shape index (κ3) is 3.51. The van der Waals surface area contributed by atoms with Crippen molar-refractivity contribution in [3.63, 3.8) is 0 Å². The van der Waals surface area contributed by atoms with Crippen LogP contribution in [0.25, 0.3) is 0 Å². The summed E-state index contributed by atoms with van der Waals surface area (Å²) in [5.41, 5.74) is 1.14. The van der Waals surface area contributed by atoms with E-state index < -0.39 is 5.97 Å². The van der Waals surface area contributed by atoms with Gasteiger partial charge in [0.2, 0.25) is 0 Å². The number of thioether (sulfide) groups is 1. The summed E-state index contributed by atoms with van der Waals surface area (Å²) in [6.45, 7) is 0.398. The van der Waals surface area contributed by atoms with Crippen molar-refractivity contribution < 1.29 is 14.6 Å². The Hall–Kier alpha value is -2.01. The molecule has 0 aliphatic rings. The van der Waals surface area contributed by atoms with E-state index >= 15 is 0 Å². The Morgan fingerprint density at radius 1 is 1.30 bits per heavy atom. The number of nitrogens with zero attached hydrogens (tertiary/aromatic N) is 1. The summed E-state index contributed by atoms with van der Waals surface area (Å²) in [4.78, 5) is 16.2. The predicted octanol–water partition coefficient (Wildman–Crippen LogP) is 3.12. The average Bonchev–Trinajstić information content (AvgIpc) is 2.47. The molecule has 0 aliphatic carbocycles. The first-order chi connectivity index (χ1) is 9.72. The molecule has 2 aromatic rings. The van der Waals surface area contributed by atoms with Crippen LogP contribution in [0.5, 0.6) is 5.75 Å². The molecule has 0 saturated carbocycles. The summed E-state index contributed by atoms with van der Waals surface area (Å²) in [6.07, 6.45) is 4.22. The molecule has 2 rings (SSSR count). The molecule has 1 aromatic carbocycles. The minimum atomic E-state index is -0.970. The molecule has 104 valence electrons. The van der Waals surface area contributed by atoms with Gasteiger partial charge >= 0.3 is 5.97 Å². The maximum Gasteiger partial charge on any atom is 0.340 e. The average molecular weight is 289 g/mol. The number of ether oxygens (including phenoxy) is 1. The zero-order chi connectivity index (χ0) is 14.4. The van der Waals surface area contributed by atoms with Crippen LogP contribution in [0.2, 0.25) is 0 Å². The van der Waals surface area contributed by atoms with Crippen molar-refractivity contribution in [2.24, 2.45) is 0 Å². The molecule has 0 bridgehead atoms. The van der Waals surface area contributed by atoms with Crippen molar-refractivity contribution in [2.75, 3.05) is 12.9 Å². The summed E-state index contributed by atoms with van der Waals surface area (Å²) in [5, 5.41) is 9.29. The third-order valence-electron chi connectivity index (χ3n) is 2.76. The Balaban J connectivity index is 2.08. The van der Waals surface area contributed by atoms with E-state index in [0.29, 0.717) is 23.7 Å². The van der Waals surface area contributed by atoms with E-state index in [1.54, 1.807) is 24.4 Å². The van der Waals surface area contributed by atoms with Crippen LogP contribution in [-0.4, -0.2) is 28.9 Å². The second kappa shape index (κ2) is 6.96. The molecule has 0 spiro atoms. The van der Waals surface area contributed by atoms with Crippen LogP contribution in [0.15, 0.2) is 47.5 Å². The van der Waals surface area contributed by atoms with E-state index in [1.807, 2.05) is 24.5 Å². The van der Waals surface area contributed by atoms with E-state index in [2.05, 4.69) is 4.98 Å². The Labute approximate surface area is 121 Å². The molecule has 1 aromatic heterocycles. The van der Waals surface area contributed by atoms with Gasteiger partial charge in [0.25, 0.3) is 0 Å². The fourth-order valence-electron chi connectivity index (χ4n) is 1.82. The molecule has 1 N–H and O–H groups in total. The lowest BCUT2D eigenvalue weighted by Gasteiger charge is -2.11. The monoisotopic (exact) mass is 289 g/mol. The minimum absolute atomic E-state index is 0.223. The van der Waals surface area contributed by atoms with Gasteiger partial charge in [-0.25, -0.2) is 4.79 Å². The minimum Gasteiger partial charge on any atom is -0.492 e. The summed E-state index contributed by atoms with van der Waals surface area (Å²) < 4.78 is 5.61. The van der Waals surface area contributed by atoms with Crippen LogP contribution < -0.4 is 4.74 Å². The van der Waals surface area contributed by atoms with Gasteiger partial charge < -0.3 is 9.84 Å². The van der Waals surface area contributed by atoms with Gasteiger partial charge in [-0.1, -0.05) is 12.1 Å². The van der Waals surface area contributed by atoms with Gasteiger partial charge in [-0.3, -0.25) is 4.98 Å². The Kier molecular flexibility index (Phi) is 5.01. The van der Waals surface area contributed by atoms with Gasteiger partial charge in [0.1, 0.15) is 11.3 Å². The molecule has 0 fully saturated rings. The lowest BCUT2D eigenvalue weighted by Crippen LogP contribution is -2.08. The zero-order valence-corrected chi connectivity index (χ0v) is 11.9. The van der Waals surface area contributed by atoms with Crippen LogP contribution in [0.1, 0.15) is 16.1 Å². The third-order valence-corrected chi connectivity index (χ3v) is 3.54. The fraction of sp³-hybridized carbons (Fsp3) is 0.200. The van der Waals surface area contributed by atoms with Gasteiger partial charge in [-0.2, -0.15) is 0 Å². The van der Waals surface area contributed by atoms with Crippen molar-refractivity contribution in [3.05, 3.63) is 53.9 Å². The first-order valence-corrected chi connectivity index (χ1v) is 7.38. The van der Waals surface area contributed by atoms with Crippen LogP contribution in [0.3, 0.4) is 0 Å². The lowest BCUT2D eigenvalue weighted by atomic mass is 10.2. The standard InChI is InChI=1S/C15H15NO3S/c1-20-13-7-4-6-12(14(13)15(17)18)19-10-8-11-5-2-3-9-16-11/h2-7,9H,8,10H2,1H3,(H,17,18). The first kappa shape index (κ1) is 14.4. The second-order valence-corrected chi connectivity index (χ2v) is 4.91. The van der Waals surface area contributed by atoms with Crippen molar-refractivity contribution >= 4 is 17.7 Å². The highest BCUT2D eigenvalue weighted by Crippen LogP contribution is 2.28. The molecule has 0 atom stereocenters. The highest BCUT2D eigenvalue weighted by Gasteiger charge is 2.16. The molecule has 1 heterocycles. The Morgan fingerprint density at radius 2 is 2.15 bits per heavy atom. The maximum absolute atomic E-state index is 11.3. The van der Waals surface area contributed by atoms with Crippen molar-refractivity contribution in [1.29, 1.82) is 0 Å². The number of carboxylic acid groups (broad SMARTS) is 1. The van der Waals surface area contributed by atoms with Crippen LogP contribution in [0.4, 0.5) is 0 Å². The molecule has 0 radical (unpaired) electrons. The molecule has 4 nitrogen and oxygen atoms in total. The fourth-order valence-corrected chi connectivity index (χ4v) is 2.43. The zero-order valence-electron chi connectivity index (χ0n) is 11.1. The van der Waals surface area contributed by atoms with Gasteiger partial charge in [-0.15, -0.1) is 11.8 Å².